The quantitative estimate of drug-likeness (QED) is 0.404. The molecule has 8 nitrogen and oxygen atoms in total. The van der Waals surface area contributed by atoms with E-state index in [2.05, 4.69) is 25.6 Å². The second kappa shape index (κ2) is 8.13. The van der Waals surface area contributed by atoms with E-state index in [-0.39, 0.29) is 35.0 Å². The molecule has 1 amide bonds. The fourth-order valence-corrected chi connectivity index (χ4v) is 2.89. The lowest BCUT2D eigenvalue weighted by atomic mass is 10.1. The standard InChI is InChI=1S/C20H15F4N7O/c21-13-4-3-12(6-11(13)7-27-14-2-1-5-26-18(14)25)29-19(32)15-9-31-10-16(20(22,23)24)30-17(31)8-28-15/h1-6,8-10,27H,7H2,(H2,25,26)(H,29,32). The largest absolute Gasteiger partial charge is 0.434 e. The van der Waals surface area contributed by atoms with Gasteiger partial charge in [0.05, 0.1) is 11.9 Å². The highest BCUT2D eigenvalue weighted by molar-refractivity contribution is 6.02. The predicted molar refractivity (Wildman–Crippen MR) is 108 cm³/mol. The molecule has 0 unspecified atom stereocenters. The molecule has 164 valence electrons. The van der Waals surface area contributed by atoms with Crippen molar-refractivity contribution in [2.24, 2.45) is 0 Å². The zero-order valence-electron chi connectivity index (χ0n) is 16.2. The molecule has 0 aliphatic heterocycles. The fraction of sp³-hybridized carbons (Fsp3) is 0.100. The first-order valence-corrected chi connectivity index (χ1v) is 9.17. The second-order valence-corrected chi connectivity index (χ2v) is 6.71. The number of fused-ring (bicyclic) bond motifs is 1. The average molecular weight is 445 g/mol. The molecule has 3 aromatic heterocycles. The van der Waals surface area contributed by atoms with Crippen LogP contribution < -0.4 is 16.4 Å². The van der Waals surface area contributed by atoms with Crippen LogP contribution in [0.2, 0.25) is 0 Å². The predicted octanol–water partition coefficient (Wildman–Crippen LogP) is 3.73. The van der Waals surface area contributed by atoms with Crippen LogP contribution in [0, 0.1) is 5.82 Å². The lowest BCUT2D eigenvalue weighted by molar-refractivity contribution is -0.140. The van der Waals surface area contributed by atoms with Crippen molar-refractivity contribution in [3.63, 3.8) is 0 Å². The number of hydrogen-bond acceptors (Lipinski definition) is 6. The van der Waals surface area contributed by atoms with E-state index in [1.54, 1.807) is 12.1 Å². The Kier molecular flexibility index (Phi) is 5.34. The second-order valence-electron chi connectivity index (χ2n) is 6.71. The summed E-state index contributed by atoms with van der Waals surface area (Å²) in [6.07, 6.45) is -0.143. The number of nitrogens with zero attached hydrogens (tertiary/aromatic N) is 4. The zero-order valence-corrected chi connectivity index (χ0v) is 16.2. The SMILES string of the molecule is Nc1ncccc1NCc1cc(NC(=O)c2cn3cc(C(F)(F)F)nc3cn2)ccc1F. The number of amides is 1. The molecule has 0 saturated heterocycles. The summed E-state index contributed by atoms with van der Waals surface area (Å²) in [5.41, 5.74) is 5.50. The third-order valence-electron chi connectivity index (χ3n) is 4.48. The van der Waals surface area contributed by atoms with E-state index in [9.17, 15) is 22.4 Å². The van der Waals surface area contributed by atoms with Crippen LogP contribution in [0.5, 0.6) is 0 Å². The molecule has 0 aliphatic carbocycles. The molecule has 1 aromatic carbocycles. The number of nitrogen functional groups attached to an aromatic ring is 1. The smallest absolute Gasteiger partial charge is 0.382 e. The molecule has 0 bridgehead atoms. The lowest BCUT2D eigenvalue weighted by Crippen LogP contribution is -2.15. The van der Waals surface area contributed by atoms with Crippen molar-refractivity contribution in [3.8, 4) is 0 Å². The van der Waals surface area contributed by atoms with Crippen molar-refractivity contribution < 1.29 is 22.4 Å². The molecular formula is C20H15F4N7O. The van der Waals surface area contributed by atoms with Gasteiger partial charge in [-0.15, -0.1) is 0 Å². The van der Waals surface area contributed by atoms with E-state index in [4.69, 9.17) is 5.73 Å². The molecule has 4 N–H and O–H groups in total. The fourth-order valence-electron chi connectivity index (χ4n) is 2.89. The third kappa shape index (κ3) is 4.43. The summed E-state index contributed by atoms with van der Waals surface area (Å²) in [6.45, 7) is 0.0743. The number of aromatic nitrogens is 4. The summed E-state index contributed by atoms with van der Waals surface area (Å²) in [4.78, 5) is 23.7. The van der Waals surface area contributed by atoms with E-state index in [1.807, 2.05) is 0 Å². The summed E-state index contributed by atoms with van der Waals surface area (Å²) in [7, 11) is 0. The average Bonchev–Trinajstić information content (AvgIpc) is 3.19. The molecule has 0 saturated carbocycles. The molecular weight excluding hydrogens is 430 g/mol. The van der Waals surface area contributed by atoms with Gasteiger partial charge in [0.25, 0.3) is 5.91 Å². The van der Waals surface area contributed by atoms with E-state index in [1.165, 1.54) is 24.4 Å². The van der Waals surface area contributed by atoms with Gasteiger partial charge in [-0.25, -0.2) is 19.3 Å². The zero-order chi connectivity index (χ0) is 22.9. The van der Waals surface area contributed by atoms with Crippen LogP contribution in [0.3, 0.4) is 0 Å². The van der Waals surface area contributed by atoms with Crippen LogP contribution >= 0.6 is 0 Å². The molecule has 12 heteroatoms. The molecule has 0 spiro atoms. The van der Waals surface area contributed by atoms with E-state index in [0.717, 1.165) is 23.0 Å². The number of pyridine rings is 1. The van der Waals surface area contributed by atoms with Crippen molar-refractivity contribution in [1.82, 2.24) is 19.4 Å². The van der Waals surface area contributed by atoms with Crippen molar-refractivity contribution in [3.05, 3.63) is 77.9 Å². The normalized spacial score (nSPS) is 11.5. The third-order valence-corrected chi connectivity index (χ3v) is 4.48. The molecule has 0 atom stereocenters. The Morgan fingerprint density at radius 2 is 1.97 bits per heavy atom. The van der Waals surface area contributed by atoms with Gasteiger partial charge >= 0.3 is 6.18 Å². The van der Waals surface area contributed by atoms with Crippen molar-refractivity contribution in [2.45, 2.75) is 12.7 Å². The number of carbonyl (C=O) groups excluding carboxylic acids is 1. The Morgan fingerprint density at radius 1 is 1.16 bits per heavy atom. The number of rotatable bonds is 5. The van der Waals surface area contributed by atoms with Gasteiger partial charge in [-0.05, 0) is 30.3 Å². The minimum atomic E-state index is -4.62. The van der Waals surface area contributed by atoms with Crippen molar-refractivity contribution in [1.29, 1.82) is 0 Å². The monoisotopic (exact) mass is 445 g/mol. The van der Waals surface area contributed by atoms with Gasteiger partial charge in [0.1, 0.15) is 17.3 Å². The first kappa shape index (κ1) is 21.0. The maximum absolute atomic E-state index is 14.2. The number of anilines is 3. The molecule has 3 heterocycles. The number of nitrogens with one attached hydrogen (secondary N) is 2. The molecule has 4 rings (SSSR count). The van der Waals surface area contributed by atoms with E-state index < -0.39 is 23.6 Å². The number of carbonyl (C=O) groups is 1. The number of imidazole rings is 1. The van der Waals surface area contributed by atoms with Crippen LogP contribution in [0.25, 0.3) is 5.65 Å². The Morgan fingerprint density at radius 3 is 2.72 bits per heavy atom. The van der Waals surface area contributed by atoms with Crippen LogP contribution in [-0.4, -0.2) is 25.3 Å². The summed E-state index contributed by atoms with van der Waals surface area (Å²) < 4.78 is 53.7. The van der Waals surface area contributed by atoms with Gasteiger partial charge in [-0.3, -0.25) is 4.79 Å². The number of benzene rings is 1. The topological polar surface area (TPSA) is 110 Å². The number of hydrogen-bond donors (Lipinski definition) is 3. The summed E-state index contributed by atoms with van der Waals surface area (Å²) >= 11 is 0. The van der Waals surface area contributed by atoms with Gasteiger partial charge < -0.3 is 20.8 Å². The van der Waals surface area contributed by atoms with Crippen LogP contribution in [0.4, 0.5) is 34.8 Å². The maximum atomic E-state index is 14.2. The molecule has 32 heavy (non-hydrogen) atoms. The summed E-state index contributed by atoms with van der Waals surface area (Å²) in [5.74, 6) is -0.932. The first-order chi connectivity index (χ1) is 15.2. The van der Waals surface area contributed by atoms with Gasteiger partial charge in [0.2, 0.25) is 0 Å². The minimum Gasteiger partial charge on any atom is -0.382 e. The molecule has 0 radical (unpaired) electrons. The van der Waals surface area contributed by atoms with Crippen molar-refractivity contribution >= 4 is 28.7 Å². The molecule has 0 fully saturated rings. The number of halogens is 4. The number of nitrogens with two attached hydrogens (primary N) is 1. The van der Waals surface area contributed by atoms with Gasteiger partial charge in [0, 0.05) is 36.4 Å². The molecule has 0 aliphatic rings. The van der Waals surface area contributed by atoms with Crippen molar-refractivity contribution in [2.75, 3.05) is 16.4 Å². The first-order valence-electron chi connectivity index (χ1n) is 9.17. The highest BCUT2D eigenvalue weighted by Gasteiger charge is 2.34. The Balaban J connectivity index is 1.50. The maximum Gasteiger partial charge on any atom is 0.434 e. The summed E-state index contributed by atoms with van der Waals surface area (Å²) in [6, 6.07) is 7.32. The summed E-state index contributed by atoms with van der Waals surface area (Å²) in [5, 5.41) is 5.51. The van der Waals surface area contributed by atoms with E-state index in [0.29, 0.717) is 5.69 Å². The molecule has 4 aromatic rings. The lowest BCUT2D eigenvalue weighted by Gasteiger charge is -2.11. The van der Waals surface area contributed by atoms with Crippen LogP contribution in [0.1, 0.15) is 21.7 Å². The number of alkyl halides is 3. The van der Waals surface area contributed by atoms with Gasteiger partial charge in [-0.1, -0.05) is 0 Å². The van der Waals surface area contributed by atoms with Gasteiger partial charge in [-0.2, -0.15) is 13.2 Å². The minimum absolute atomic E-state index is 0.0568. The highest BCUT2D eigenvalue weighted by Crippen LogP contribution is 2.28. The van der Waals surface area contributed by atoms with Crippen LogP contribution in [0.15, 0.2) is 55.1 Å². The highest BCUT2D eigenvalue weighted by atomic mass is 19.4. The Bertz CT molecular complexity index is 1300. The Labute approximate surface area is 178 Å². The Hall–Kier alpha value is -4.22. The van der Waals surface area contributed by atoms with Crippen LogP contribution in [-0.2, 0) is 12.7 Å². The van der Waals surface area contributed by atoms with Gasteiger partial charge in [0.15, 0.2) is 11.3 Å². The van der Waals surface area contributed by atoms with E-state index >= 15 is 0 Å².